The van der Waals surface area contributed by atoms with Crippen LogP contribution in [0.15, 0.2) is 30.3 Å². The molecule has 1 amide bonds. The highest BCUT2D eigenvalue weighted by atomic mass is 16.5. The van der Waals surface area contributed by atoms with Gasteiger partial charge in [-0.25, -0.2) is 0 Å². The average molecular weight is 292 g/mol. The van der Waals surface area contributed by atoms with Crippen LogP contribution in [-0.4, -0.2) is 55.3 Å². The number of amides is 1. The molecular weight excluding hydrogens is 268 g/mol. The molecule has 1 heterocycles. The van der Waals surface area contributed by atoms with Gasteiger partial charge in [-0.3, -0.25) is 4.79 Å². The van der Waals surface area contributed by atoms with Crippen LogP contribution in [0.3, 0.4) is 0 Å². The zero-order valence-corrected chi connectivity index (χ0v) is 12.5. The molecule has 21 heavy (non-hydrogen) atoms. The van der Waals surface area contributed by atoms with Gasteiger partial charge in [0.25, 0.3) is 0 Å². The molecule has 5 nitrogen and oxygen atoms in total. The molecule has 1 aliphatic heterocycles. The number of piperidine rings is 1. The van der Waals surface area contributed by atoms with Crippen molar-refractivity contribution in [2.75, 3.05) is 33.3 Å². The van der Waals surface area contributed by atoms with E-state index in [-0.39, 0.29) is 11.8 Å². The molecule has 0 saturated carbocycles. The zero-order valence-electron chi connectivity index (χ0n) is 12.5. The van der Waals surface area contributed by atoms with Crippen molar-refractivity contribution in [3.05, 3.63) is 30.3 Å². The molecule has 1 atom stereocenters. The maximum absolute atomic E-state index is 11.6. The molecule has 2 rings (SSSR count). The Morgan fingerprint density at radius 2 is 2.05 bits per heavy atom. The van der Waals surface area contributed by atoms with E-state index in [0.717, 1.165) is 31.7 Å². The predicted molar refractivity (Wildman–Crippen MR) is 81.2 cm³/mol. The molecule has 1 saturated heterocycles. The standard InChI is InChI=1S/C16H24N2O3/c1-17-16(20)13-7-9-18(10-8-13)11-14(19)12-21-15-5-3-2-4-6-15/h2-6,13-14,19H,7-12H2,1H3,(H,17,20)/t14-/m0/s1. The fourth-order valence-corrected chi connectivity index (χ4v) is 2.64. The molecule has 0 bridgehead atoms. The van der Waals surface area contributed by atoms with Crippen LogP contribution in [0.1, 0.15) is 12.8 Å². The van der Waals surface area contributed by atoms with Gasteiger partial charge >= 0.3 is 0 Å². The Hall–Kier alpha value is -1.59. The van der Waals surface area contributed by atoms with Crippen molar-refractivity contribution in [2.24, 2.45) is 5.92 Å². The van der Waals surface area contributed by atoms with Crippen molar-refractivity contribution in [2.45, 2.75) is 18.9 Å². The van der Waals surface area contributed by atoms with E-state index in [4.69, 9.17) is 4.74 Å². The highest BCUT2D eigenvalue weighted by molar-refractivity contribution is 5.78. The number of β-amino-alcohol motifs (C(OH)–C–C–N with tert-alkyl or cyclic N) is 1. The largest absolute Gasteiger partial charge is 0.491 e. The lowest BCUT2D eigenvalue weighted by molar-refractivity contribution is -0.126. The van der Waals surface area contributed by atoms with Crippen molar-refractivity contribution in [3.8, 4) is 5.75 Å². The SMILES string of the molecule is CNC(=O)C1CCN(C[C@H](O)COc2ccccc2)CC1. The molecular formula is C16H24N2O3. The third kappa shape index (κ3) is 5.02. The van der Waals surface area contributed by atoms with E-state index < -0.39 is 6.10 Å². The van der Waals surface area contributed by atoms with Crippen molar-refractivity contribution >= 4 is 5.91 Å². The first-order valence-electron chi connectivity index (χ1n) is 7.49. The second kappa shape index (κ2) is 8.00. The van der Waals surface area contributed by atoms with Gasteiger partial charge in [-0.1, -0.05) is 18.2 Å². The van der Waals surface area contributed by atoms with E-state index in [1.165, 1.54) is 0 Å². The lowest BCUT2D eigenvalue weighted by atomic mass is 9.96. The molecule has 0 unspecified atom stereocenters. The average Bonchev–Trinajstić information content (AvgIpc) is 2.54. The lowest BCUT2D eigenvalue weighted by Crippen LogP contribution is -2.43. The highest BCUT2D eigenvalue weighted by Crippen LogP contribution is 2.17. The van der Waals surface area contributed by atoms with Crippen LogP contribution < -0.4 is 10.1 Å². The number of nitrogens with zero attached hydrogens (tertiary/aromatic N) is 1. The number of aliphatic hydroxyl groups is 1. The van der Waals surface area contributed by atoms with E-state index in [1.54, 1.807) is 7.05 Å². The van der Waals surface area contributed by atoms with Crippen LogP contribution in [0.5, 0.6) is 5.75 Å². The maximum Gasteiger partial charge on any atom is 0.222 e. The molecule has 0 aliphatic carbocycles. The Balaban J connectivity index is 1.67. The van der Waals surface area contributed by atoms with E-state index in [1.807, 2.05) is 30.3 Å². The summed E-state index contributed by atoms with van der Waals surface area (Å²) in [6.07, 6.45) is 1.19. The van der Waals surface area contributed by atoms with Crippen molar-refractivity contribution in [1.82, 2.24) is 10.2 Å². The Kier molecular flexibility index (Phi) is 6.02. The van der Waals surface area contributed by atoms with Gasteiger partial charge in [-0.2, -0.15) is 0 Å². The van der Waals surface area contributed by atoms with Gasteiger partial charge < -0.3 is 20.1 Å². The van der Waals surface area contributed by atoms with Gasteiger partial charge in [0.1, 0.15) is 18.5 Å². The predicted octanol–water partition coefficient (Wildman–Crippen LogP) is 0.884. The monoisotopic (exact) mass is 292 g/mol. The summed E-state index contributed by atoms with van der Waals surface area (Å²) >= 11 is 0. The van der Waals surface area contributed by atoms with E-state index in [0.29, 0.717) is 13.2 Å². The van der Waals surface area contributed by atoms with Gasteiger partial charge in [0, 0.05) is 19.5 Å². The molecule has 0 spiro atoms. The van der Waals surface area contributed by atoms with Crippen LogP contribution in [0.25, 0.3) is 0 Å². The van der Waals surface area contributed by atoms with Crippen LogP contribution >= 0.6 is 0 Å². The molecule has 2 N–H and O–H groups in total. The molecule has 116 valence electrons. The minimum absolute atomic E-state index is 0.115. The lowest BCUT2D eigenvalue weighted by Gasteiger charge is -2.32. The number of rotatable bonds is 6. The van der Waals surface area contributed by atoms with E-state index in [9.17, 15) is 9.90 Å². The fraction of sp³-hybridized carbons (Fsp3) is 0.562. The zero-order chi connectivity index (χ0) is 15.1. The number of likely N-dealkylation sites (tertiary alicyclic amines) is 1. The van der Waals surface area contributed by atoms with Crippen LogP contribution in [0.2, 0.25) is 0 Å². The van der Waals surface area contributed by atoms with Crippen LogP contribution in [0.4, 0.5) is 0 Å². The third-order valence-electron chi connectivity index (χ3n) is 3.86. The third-order valence-corrected chi connectivity index (χ3v) is 3.86. The summed E-state index contributed by atoms with van der Waals surface area (Å²) in [5.41, 5.74) is 0. The summed E-state index contributed by atoms with van der Waals surface area (Å²) in [5, 5.41) is 12.7. The number of carbonyl (C=O) groups excluding carboxylic acids is 1. The number of nitrogens with one attached hydrogen (secondary N) is 1. The van der Waals surface area contributed by atoms with Gasteiger partial charge in [0.15, 0.2) is 0 Å². The summed E-state index contributed by atoms with van der Waals surface area (Å²) in [4.78, 5) is 13.7. The number of hydrogen-bond acceptors (Lipinski definition) is 4. The minimum Gasteiger partial charge on any atom is -0.491 e. The molecule has 1 aromatic rings. The van der Waals surface area contributed by atoms with E-state index in [2.05, 4.69) is 10.2 Å². The van der Waals surface area contributed by atoms with Gasteiger partial charge in [0.2, 0.25) is 5.91 Å². The van der Waals surface area contributed by atoms with Crippen molar-refractivity contribution < 1.29 is 14.6 Å². The Labute approximate surface area is 125 Å². The first kappa shape index (κ1) is 15.8. The summed E-state index contributed by atoms with van der Waals surface area (Å²) in [5.74, 6) is 1.02. The topological polar surface area (TPSA) is 61.8 Å². The number of carbonyl (C=O) groups is 1. The molecule has 1 aliphatic rings. The first-order chi connectivity index (χ1) is 10.2. The van der Waals surface area contributed by atoms with Gasteiger partial charge in [0.05, 0.1) is 0 Å². The van der Waals surface area contributed by atoms with Crippen molar-refractivity contribution in [1.29, 1.82) is 0 Å². The summed E-state index contributed by atoms with van der Waals surface area (Å²) in [6, 6.07) is 9.50. The van der Waals surface area contributed by atoms with Gasteiger partial charge in [-0.05, 0) is 38.1 Å². The minimum atomic E-state index is -0.512. The number of benzene rings is 1. The van der Waals surface area contributed by atoms with Crippen LogP contribution in [-0.2, 0) is 4.79 Å². The van der Waals surface area contributed by atoms with E-state index >= 15 is 0 Å². The van der Waals surface area contributed by atoms with Crippen molar-refractivity contribution in [3.63, 3.8) is 0 Å². The Morgan fingerprint density at radius 3 is 2.67 bits per heavy atom. The summed E-state index contributed by atoms with van der Waals surface area (Å²) < 4.78 is 5.55. The number of para-hydroxylation sites is 1. The second-order valence-electron chi connectivity index (χ2n) is 5.47. The molecule has 1 aromatic carbocycles. The Bertz CT molecular complexity index is 430. The fourth-order valence-electron chi connectivity index (χ4n) is 2.64. The molecule has 5 heteroatoms. The molecule has 0 aromatic heterocycles. The van der Waals surface area contributed by atoms with Crippen LogP contribution in [0, 0.1) is 5.92 Å². The summed E-state index contributed by atoms with van der Waals surface area (Å²) in [7, 11) is 1.68. The number of aliphatic hydroxyl groups excluding tert-OH is 1. The smallest absolute Gasteiger partial charge is 0.222 e. The Morgan fingerprint density at radius 1 is 1.38 bits per heavy atom. The normalized spacial score (nSPS) is 18.2. The van der Waals surface area contributed by atoms with Gasteiger partial charge in [-0.15, -0.1) is 0 Å². The number of ether oxygens (including phenoxy) is 1. The maximum atomic E-state index is 11.6. The quantitative estimate of drug-likeness (QED) is 0.817. The second-order valence-corrected chi connectivity index (χ2v) is 5.47. The number of hydrogen-bond donors (Lipinski definition) is 2. The molecule has 0 radical (unpaired) electrons. The first-order valence-corrected chi connectivity index (χ1v) is 7.49. The summed E-state index contributed by atoms with van der Waals surface area (Å²) in [6.45, 7) is 2.58. The highest BCUT2D eigenvalue weighted by Gasteiger charge is 2.25. The molecule has 1 fully saturated rings.